The van der Waals surface area contributed by atoms with Crippen LogP contribution in [0.3, 0.4) is 0 Å². The van der Waals surface area contributed by atoms with E-state index in [-0.39, 0.29) is 5.56 Å². The van der Waals surface area contributed by atoms with Gasteiger partial charge in [0.15, 0.2) is 0 Å². The van der Waals surface area contributed by atoms with Crippen molar-refractivity contribution >= 4 is 11.0 Å². The van der Waals surface area contributed by atoms with Crippen molar-refractivity contribution in [2.45, 2.75) is 20.4 Å². The molecule has 0 saturated carbocycles. The second-order valence-electron chi connectivity index (χ2n) is 3.89. The van der Waals surface area contributed by atoms with E-state index in [1.165, 1.54) is 0 Å². The molecule has 0 aromatic carbocycles. The summed E-state index contributed by atoms with van der Waals surface area (Å²) in [7, 11) is 0. The molecule has 0 bridgehead atoms. The van der Waals surface area contributed by atoms with Crippen LogP contribution in [0.15, 0.2) is 35.6 Å². The number of hydrogen-bond acceptors (Lipinski definition) is 2. The van der Waals surface area contributed by atoms with E-state index < -0.39 is 0 Å². The molecule has 0 aliphatic heterocycles. The van der Waals surface area contributed by atoms with Crippen LogP contribution >= 0.6 is 0 Å². The second-order valence-corrected chi connectivity index (χ2v) is 3.89. The average Bonchev–Trinajstić information content (AvgIpc) is 2.22. The minimum Gasteiger partial charge on any atom is -0.289 e. The number of fused-ring (bicyclic) bond motifs is 1. The third-order valence-corrected chi connectivity index (χ3v) is 2.60. The molecule has 3 nitrogen and oxygen atoms in total. The molecule has 2 heterocycles. The summed E-state index contributed by atoms with van der Waals surface area (Å²) >= 11 is 0. The first kappa shape index (κ1) is 10.6. The molecule has 2 rings (SSSR count). The molecule has 2 aromatic rings. The molecule has 0 aliphatic carbocycles. The standard InChI is InChI=1S/C13H14N2O/c1-4-7-15-12(16)6-5-11-9(2)8-10(3)14-13(11)15/h4-6,8H,1,7H2,2-3H3. The Morgan fingerprint density at radius 1 is 1.44 bits per heavy atom. The minimum atomic E-state index is -0.0371. The van der Waals surface area contributed by atoms with E-state index in [0.29, 0.717) is 6.54 Å². The highest BCUT2D eigenvalue weighted by atomic mass is 16.1. The highest BCUT2D eigenvalue weighted by Crippen LogP contribution is 2.15. The molecule has 82 valence electrons. The van der Waals surface area contributed by atoms with Gasteiger partial charge in [0.1, 0.15) is 5.65 Å². The summed E-state index contributed by atoms with van der Waals surface area (Å²) < 4.78 is 1.64. The van der Waals surface area contributed by atoms with Gasteiger partial charge in [0.05, 0.1) is 0 Å². The van der Waals surface area contributed by atoms with E-state index in [1.54, 1.807) is 16.7 Å². The van der Waals surface area contributed by atoms with Crippen LogP contribution in [0.4, 0.5) is 0 Å². The quantitative estimate of drug-likeness (QED) is 0.718. The number of nitrogens with zero attached hydrogens (tertiary/aromatic N) is 2. The van der Waals surface area contributed by atoms with Gasteiger partial charge in [-0.3, -0.25) is 9.36 Å². The molecule has 0 fully saturated rings. The normalized spacial score (nSPS) is 10.6. The van der Waals surface area contributed by atoms with E-state index in [0.717, 1.165) is 22.3 Å². The number of aryl methyl sites for hydroxylation is 2. The fourth-order valence-corrected chi connectivity index (χ4v) is 1.89. The van der Waals surface area contributed by atoms with Crippen molar-refractivity contribution in [2.75, 3.05) is 0 Å². The van der Waals surface area contributed by atoms with Crippen LogP contribution in [0.25, 0.3) is 11.0 Å². The molecule has 0 amide bonds. The van der Waals surface area contributed by atoms with Gasteiger partial charge in [0.25, 0.3) is 5.56 Å². The Morgan fingerprint density at radius 3 is 2.88 bits per heavy atom. The molecule has 0 N–H and O–H groups in total. The molecule has 0 saturated heterocycles. The lowest BCUT2D eigenvalue weighted by atomic mass is 10.1. The summed E-state index contributed by atoms with van der Waals surface area (Å²) in [5, 5.41) is 1.02. The molecule has 16 heavy (non-hydrogen) atoms. The average molecular weight is 214 g/mol. The van der Waals surface area contributed by atoms with Crippen molar-refractivity contribution in [3.63, 3.8) is 0 Å². The Bertz CT molecular complexity index is 611. The van der Waals surface area contributed by atoms with Crippen LogP contribution in [0.5, 0.6) is 0 Å². The summed E-state index contributed by atoms with van der Waals surface area (Å²) in [6, 6.07) is 5.43. The number of pyridine rings is 2. The summed E-state index contributed by atoms with van der Waals surface area (Å²) in [6.07, 6.45) is 1.71. The van der Waals surface area contributed by atoms with Crippen molar-refractivity contribution in [1.29, 1.82) is 0 Å². The summed E-state index contributed by atoms with van der Waals surface area (Å²) in [5.74, 6) is 0. The third-order valence-electron chi connectivity index (χ3n) is 2.60. The minimum absolute atomic E-state index is 0.0371. The van der Waals surface area contributed by atoms with Gasteiger partial charge in [-0.15, -0.1) is 6.58 Å². The number of allylic oxidation sites excluding steroid dienone is 1. The predicted molar refractivity (Wildman–Crippen MR) is 65.7 cm³/mol. The Morgan fingerprint density at radius 2 is 2.19 bits per heavy atom. The molecule has 2 aromatic heterocycles. The van der Waals surface area contributed by atoms with Crippen molar-refractivity contribution in [1.82, 2.24) is 9.55 Å². The van der Waals surface area contributed by atoms with Crippen LogP contribution in [0.2, 0.25) is 0 Å². The first-order valence-electron chi connectivity index (χ1n) is 5.22. The molecule has 3 heteroatoms. The fourth-order valence-electron chi connectivity index (χ4n) is 1.89. The van der Waals surface area contributed by atoms with Crippen molar-refractivity contribution in [3.8, 4) is 0 Å². The van der Waals surface area contributed by atoms with Crippen LogP contribution in [-0.2, 0) is 6.54 Å². The molecule has 0 spiro atoms. The van der Waals surface area contributed by atoms with Gasteiger partial charge in [-0.1, -0.05) is 6.08 Å². The number of rotatable bonds is 2. The Labute approximate surface area is 94.1 Å². The van der Waals surface area contributed by atoms with Crippen molar-refractivity contribution < 1.29 is 0 Å². The summed E-state index contributed by atoms with van der Waals surface area (Å²) in [5.41, 5.74) is 2.77. The largest absolute Gasteiger partial charge is 0.289 e. The lowest BCUT2D eigenvalue weighted by Crippen LogP contribution is -2.19. The monoisotopic (exact) mass is 214 g/mol. The van der Waals surface area contributed by atoms with E-state index in [9.17, 15) is 4.79 Å². The van der Waals surface area contributed by atoms with Crippen LogP contribution in [0, 0.1) is 13.8 Å². The van der Waals surface area contributed by atoms with Crippen LogP contribution in [0.1, 0.15) is 11.3 Å². The second kappa shape index (κ2) is 3.93. The predicted octanol–water partition coefficient (Wildman–Crippen LogP) is 2.20. The maximum absolute atomic E-state index is 11.7. The lowest BCUT2D eigenvalue weighted by Gasteiger charge is -2.09. The maximum Gasteiger partial charge on any atom is 0.252 e. The molecule has 0 radical (unpaired) electrons. The van der Waals surface area contributed by atoms with Gasteiger partial charge in [0, 0.05) is 23.7 Å². The Kier molecular flexibility index (Phi) is 2.60. The lowest BCUT2D eigenvalue weighted by molar-refractivity contribution is 0.803. The topological polar surface area (TPSA) is 34.9 Å². The molecular weight excluding hydrogens is 200 g/mol. The van der Waals surface area contributed by atoms with Gasteiger partial charge >= 0.3 is 0 Å². The molecule has 0 aliphatic rings. The van der Waals surface area contributed by atoms with Gasteiger partial charge in [-0.25, -0.2) is 4.98 Å². The van der Waals surface area contributed by atoms with Gasteiger partial charge in [-0.05, 0) is 31.5 Å². The van der Waals surface area contributed by atoms with E-state index in [1.807, 2.05) is 26.0 Å². The third kappa shape index (κ3) is 1.65. The highest BCUT2D eigenvalue weighted by molar-refractivity contribution is 5.79. The van der Waals surface area contributed by atoms with Gasteiger partial charge < -0.3 is 0 Å². The van der Waals surface area contributed by atoms with Gasteiger partial charge in [-0.2, -0.15) is 0 Å². The summed E-state index contributed by atoms with van der Waals surface area (Å²) in [4.78, 5) is 16.2. The SMILES string of the molecule is C=CCn1c(=O)ccc2c(C)cc(C)nc21. The zero-order valence-electron chi connectivity index (χ0n) is 9.53. The zero-order chi connectivity index (χ0) is 11.7. The maximum atomic E-state index is 11.7. The fraction of sp³-hybridized carbons (Fsp3) is 0.231. The Balaban J connectivity index is 2.91. The summed E-state index contributed by atoms with van der Waals surface area (Å²) in [6.45, 7) is 8.11. The van der Waals surface area contributed by atoms with E-state index in [2.05, 4.69) is 11.6 Å². The smallest absolute Gasteiger partial charge is 0.252 e. The Hall–Kier alpha value is -1.90. The van der Waals surface area contributed by atoms with Crippen LogP contribution in [-0.4, -0.2) is 9.55 Å². The number of aromatic nitrogens is 2. The molecule has 0 atom stereocenters. The van der Waals surface area contributed by atoms with E-state index >= 15 is 0 Å². The zero-order valence-corrected chi connectivity index (χ0v) is 9.53. The van der Waals surface area contributed by atoms with Gasteiger partial charge in [0.2, 0.25) is 0 Å². The van der Waals surface area contributed by atoms with Crippen molar-refractivity contribution in [3.05, 3.63) is 52.5 Å². The first-order chi connectivity index (χ1) is 7.63. The molecular formula is C13H14N2O. The van der Waals surface area contributed by atoms with Crippen LogP contribution < -0.4 is 5.56 Å². The van der Waals surface area contributed by atoms with E-state index in [4.69, 9.17) is 0 Å². The molecule has 0 unspecified atom stereocenters. The highest BCUT2D eigenvalue weighted by Gasteiger charge is 2.05. The number of hydrogen-bond donors (Lipinski definition) is 0. The van der Waals surface area contributed by atoms with Crippen molar-refractivity contribution in [2.24, 2.45) is 0 Å². The first-order valence-corrected chi connectivity index (χ1v) is 5.22.